The molecule has 0 saturated carbocycles. The monoisotopic (exact) mass is 330 g/mol. The van der Waals surface area contributed by atoms with Crippen molar-refractivity contribution in [2.75, 3.05) is 0 Å². The Morgan fingerprint density at radius 1 is 1.10 bits per heavy atom. The van der Waals surface area contributed by atoms with Crippen molar-refractivity contribution in [2.45, 2.75) is 13.0 Å². The first kappa shape index (κ1) is 15.7. The Bertz CT molecular complexity index is 660. The lowest BCUT2D eigenvalue weighted by Gasteiger charge is -2.07. The van der Waals surface area contributed by atoms with Gasteiger partial charge in [0.2, 0.25) is 0 Å². The molecular formula is C15H10Cl2F2O2. The summed E-state index contributed by atoms with van der Waals surface area (Å²) in [5.41, 5.74) is 0.980. The van der Waals surface area contributed by atoms with Crippen LogP contribution in [0.4, 0.5) is 8.78 Å². The van der Waals surface area contributed by atoms with E-state index < -0.39 is 6.61 Å². The van der Waals surface area contributed by atoms with Gasteiger partial charge >= 0.3 is 6.61 Å². The van der Waals surface area contributed by atoms with Crippen LogP contribution >= 0.6 is 23.2 Å². The predicted molar refractivity (Wildman–Crippen MR) is 77.6 cm³/mol. The topological polar surface area (TPSA) is 26.3 Å². The summed E-state index contributed by atoms with van der Waals surface area (Å²) in [6, 6.07) is 10.6. The molecule has 0 fully saturated rings. The Hall–Kier alpha value is -1.65. The van der Waals surface area contributed by atoms with Crippen LogP contribution in [0, 0.1) is 0 Å². The molecule has 110 valence electrons. The summed E-state index contributed by atoms with van der Waals surface area (Å²) in [5, 5.41) is 0.761. The molecule has 2 rings (SSSR count). The third kappa shape index (κ3) is 4.41. The van der Waals surface area contributed by atoms with Crippen molar-refractivity contribution < 1.29 is 18.3 Å². The van der Waals surface area contributed by atoms with Crippen LogP contribution in [0.25, 0.3) is 0 Å². The molecule has 0 aliphatic rings. The zero-order valence-corrected chi connectivity index (χ0v) is 12.2. The van der Waals surface area contributed by atoms with Crippen molar-refractivity contribution in [3.8, 4) is 5.75 Å². The van der Waals surface area contributed by atoms with Gasteiger partial charge in [0, 0.05) is 12.0 Å². The van der Waals surface area contributed by atoms with E-state index in [1.54, 1.807) is 18.2 Å². The summed E-state index contributed by atoms with van der Waals surface area (Å²) >= 11 is 11.7. The third-order valence-electron chi connectivity index (χ3n) is 2.73. The van der Waals surface area contributed by atoms with E-state index in [0.717, 1.165) is 0 Å². The molecule has 0 aliphatic heterocycles. The molecule has 0 spiro atoms. The van der Waals surface area contributed by atoms with Crippen molar-refractivity contribution in [1.82, 2.24) is 0 Å². The second kappa shape index (κ2) is 6.87. The lowest BCUT2D eigenvalue weighted by atomic mass is 10.0. The Labute approximate surface area is 130 Å². The fourth-order valence-electron chi connectivity index (χ4n) is 1.78. The highest BCUT2D eigenvalue weighted by atomic mass is 35.5. The number of hydrogen-bond donors (Lipinski definition) is 0. The minimum Gasteiger partial charge on any atom is -0.435 e. The van der Waals surface area contributed by atoms with E-state index in [1.165, 1.54) is 24.3 Å². The quantitative estimate of drug-likeness (QED) is 0.719. The maximum Gasteiger partial charge on any atom is 0.387 e. The molecule has 2 aromatic carbocycles. The average Bonchev–Trinajstić information content (AvgIpc) is 2.42. The van der Waals surface area contributed by atoms with Crippen LogP contribution in [0.5, 0.6) is 5.75 Å². The molecule has 0 radical (unpaired) electrons. The molecule has 0 aromatic heterocycles. The van der Waals surface area contributed by atoms with Gasteiger partial charge < -0.3 is 4.74 Å². The number of ketones is 1. The van der Waals surface area contributed by atoms with E-state index in [0.29, 0.717) is 21.2 Å². The van der Waals surface area contributed by atoms with E-state index in [-0.39, 0.29) is 18.0 Å². The molecule has 0 bridgehead atoms. The molecule has 0 saturated heterocycles. The maximum atomic E-state index is 12.1. The van der Waals surface area contributed by atoms with Gasteiger partial charge in [-0.05, 0) is 29.8 Å². The van der Waals surface area contributed by atoms with Gasteiger partial charge in [-0.15, -0.1) is 0 Å². The zero-order chi connectivity index (χ0) is 15.4. The maximum absolute atomic E-state index is 12.1. The molecule has 0 N–H and O–H groups in total. The number of ether oxygens (including phenoxy) is 1. The molecule has 0 unspecified atom stereocenters. The highest BCUT2D eigenvalue weighted by Crippen LogP contribution is 2.24. The number of alkyl halides is 2. The standard InChI is InChI=1S/C15H10Cl2F2O2/c16-12-5-4-9(6-13(12)17)7-14(20)10-2-1-3-11(8-10)21-15(18)19/h1-6,8,15H,7H2. The lowest BCUT2D eigenvalue weighted by Crippen LogP contribution is -2.06. The summed E-state index contributed by atoms with van der Waals surface area (Å²) in [6.07, 6.45) is 0.0923. The summed E-state index contributed by atoms with van der Waals surface area (Å²) in [7, 11) is 0. The highest BCUT2D eigenvalue weighted by molar-refractivity contribution is 6.42. The number of carbonyl (C=O) groups is 1. The number of Topliss-reactive ketones (excluding diaryl/α,β-unsaturated/α-hetero) is 1. The Kier molecular flexibility index (Phi) is 5.15. The molecule has 0 amide bonds. The van der Waals surface area contributed by atoms with Crippen molar-refractivity contribution >= 4 is 29.0 Å². The van der Waals surface area contributed by atoms with Gasteiger partial charge in [-0.3, -0.25) is 4.79 Å². The first-order valence-electron chi connectivity index (χ1n) is 5.97. The summed E-state index contributed by atoms with van der Waals surface area (Å²) in [5.74, 6) is -0.280. The number of benzene rings is 2. The SMILES string of the molecule is O=C(Cc1ccc(Cl)c(Cl)c1)c1cccc(OC(F)F)c1. The minimum atomic E-state index is -2.93. The van der Waals surface area contributed by atoms with Crippen LogP contribution in [0.1, 0.15) is 15.9 Å². The van der Waals surface area contributed by atoms with Crippen LogP contribution in [-0.2, 0) is 6.42 Å². The van der Waals surface area contributed by atoms with Gasteiger partial charge in [-0.1, -0.05) is 41.4 Å². The van der Waals surface area contributed by atoms with E-state index in [4.69, 9.17) is 23.2 Å². The highest BCUT2D eigenvalue weighted by Gasteiger charge is 2.11. The molecule has 21 heavy (non-hydrogen) atoms. The fraction of sp³-hybridized carbons (Fsp3) is 0.133. The Morgan fingerprint density at radius 3 is 2.52 bits per heavy atom. The van der Waals surface area contributed by atoms with E-state index in [1.807, 2.05) is 0 Å². The van der Waals surface area contributed by atoms with Gasteiger partial charge in [0.25, 0.3) is 0 Å². The van der Waals surface area contributed by atoms with Gasteiger partial charge in [0.15, 0.2) is 5.78 Å². The molecule has 2 aromatic rings. The molecular weight excluding hydrogens is 321 g/mol. The van der Waals surface area contributed by atoms with E-state index in [9.17, 15) is 13.6 Å². The van der Waals surface area contributed by atoms with Gasteiger partial charge in [-0.25, -0.2) is 0 Å². The van der Waals surface area contributed by atoms with Gasteiger partial charge in [-0.2, -0.15) is 8.78 Å². The van der Waals surface area contributed by atoms with E-state index in [2.05, 4.69) is 4.74 Å². The largest absolute Gasteiger partial charge is 0.435 e. The number of rotatable bonds is 5. The smallest absolute Gasteiger partial charge is 0.387 e. The van der Waals surface area contributed by atoms with Crippen LogP contribution in [0.15, 0.2) is 42.5 Å². The molecule has 6 heteroatoms. The van der Waals surface area contributed by atoms with Crippen LogP contribution in [0.3, 0.4) is 0 Å². The fourth-order valence-corrected chi connectivity index (χ4v) is 2.10. The van der Waals surface area contributed by atoms with Crippen molar-refractivity contribution in [3.05, 3.63) is 63.6 Å². The van der Waals surface area contributed by atoms with Crippen molar-refractivity contribution in [1.29, 1.82) is 0 Å². The Morgan fingerprint density at radius 2 is 1.86 bits per heavy atom. The summed E-state index contributed by atoms with van der Waals surface area (Å²) in [4.78, 5) is 12.1. The third-order valence-corrected chi connectivity index (χ3v) is 3.47. The predicted octanol–water partition coefficient (Wildman–Crippen LogP) is 5.02. The molecule has 0 atom stereocenters. The van der Waals surface area contributed by atoms with Gasteiger partial charge in [0.1, 0.15) is 5.75 Å². The minimum absolute atomic E-state index is 0.0509. The first-order chi connectivity index (χ1) is 9.95. The zero-order valence-electron chi connectivity index (χ0n) is 10.7. The average molecular weight is 331 g/mol. The first-order valence-corrected chi connectivity index (χ1v) is 6.73. The van der Waals surface area contributed by atoms with Crippen LogP contribution < -0.4 is 4.74 Å². The van der Waals surface area contributed by atoms with Crippen LogP contribution in [-0.4, -0.2) is 12.4 Å². The molecule has 0 heterocycles. The second-order valence-electron chi connectivity index (χ2n) is 4.25. The van der Waals surface area contributed by atoms with Crippen molar-refractivity contribution in [2.24, 2.45) is 0 Å². The van der Waals surface area contributed by atoms with Crippen molar-refractivity contribution in [3.63, 3.8) is 0 Å². The molecule has 0 aliphatic carbocycles. The van der Waals surface area contributed by atoms with E-state index >= 15 is 0 Å². The number of carbonyl (C=O) groups excluding carboxylic acids is 1. The van der Waals surface area contributed by atoms with Gasteiger partial charge in [0.05, 0.1) is 10.0 Å². The normalized spacial score (nSPS) is 10.7. The second-order valence-corrected chi connectivity index (χ2v) is 5.07. The Balaban J connectivity index is 2.14. The molecule has 2 nitrogen and oxygen atoms in total. The summed E-state index contributed by atoms with van der Waals surface area (Å²) < 4.78 is 28.6. The number of halogens is 4. The van der Waals surface area contributed by atoms with Crippen LogP contribution in [0.2, 0.25) is 10.0 Å². The number of hydrogen-bond acceptors (Lipinski definition) is 2. The lowest BCUT2D eigenvalue weighted by molar-refractivity contribution is -0.0498. The summed E-state index contributed by atoms with van der Waals surface area (Å²) in [6.45, 7) is -2.93.